The Morgan fingerprint density at radius 1 is 1.61 bits per heavy atom. The Labute approximate surface area is 104 Å². The van der Waals surface area contributed by atoms with Crippen molar-refractivity contribution in [3.8, 4) is 5.75 Å². The number of carbonyl (C=O) groups is 1. The van der Waals surface area contributed by atoms with Gasteiger partial charge in [0.05, 0.1) is 18.5 Å². The Bertz CT molecular complexity index is 461. The van der Waals surface area contributed by atoms with Crippen LogP contribution in [-0.4, -0.2) is 29.2 Å². The molecule has 0 spiro atoms. The number of nitro benzene ring substituents is 1. The highest BCUT2D eigenvalue weighted by Crippen LogP contribution is 2.29. The summed E-state index contributed by atoms with van der Waals surface area (Å²) in [5, 5.41) is 22.3. The van der Waals surface area contributed by atoms with Crippen molar-refractivity contribution in [1.82, 2.24) is 0 Å². The molecular weight excluding hydrogens is 240 g/mol. The van der Waals surface area contributed by atoms with Crippen LogP contribution in [0.2, 0.25) is 0 Å². The smallest absolute Gasteiger partial charge is 0.305 e. The van der Waals surface area contributed by atoms with E-state index in [1.165, 1.54) is 25.3 Å². The maximum atomic E-state index is 10.8. The first-order valence-electron chi connectivity index (χ1n) is 5.24. The number of hydrogen-bond acceptors (Lipinski definition) is 5. The second kappa shape index (κ2) is 5.85. The van der Waals surface area contributed by atoms with Crippen LogP contribution in [-0.2, 0) is 4.79 Å². The van der Waals surface area contributed by atoms with Crippen LogP contribution in [0.1, 0.15) is 13.3 Å². The second-order valence-electron chi connectivity index (χ2n) is 3.78. The van der Waals surface area contributed by atoms with E-state index >= 15 is 0 Å². The van der Waals surface area contributed by atoms with Crippen LogP contribution in [0.4, 0.5) is 11.4 Å². The third kappa shape index (κ3) is 3.62. The van der Waals surface area contributed by atoms with Gasteiger partial charge in [0.15, 0.2) is 0 Å². The number of ether oxygens (including phenoxy) is 1. The molecule has 1 rings (SSSR count). The highest BCUT2D eigenvalue weighted by molar-refractivity contribution is 5.70. The lowest BCUT2D eigenvalue weighted by Gasteiger charge is -2.13. The number of nitro groups is 1. The fraction of sp³-hybridized carbons (Fsp3) is 0.364. The quantitative estimate of drug-likeness (QED) is 0.593. The first-order chi connectivity index (χ1) is 8.43. The largest absolute Gasteiger partial charge is 0.497 e. The summed E-state index contributed by atoms with van der Waals surface area (Å²) in [6, 6.07) is 3.84. The minimum Gasteiger partial charge on any atom is -0.497 e. The van der Waals surface area contributed by atoms with Gasteiger partial charge in [-0.1, -0.05) is 0 Å². The van der Waals surface area contributed by atoms with Crippen molar-refractivity contribution in [1.29, 1.82) is 0 Å². The molecule has 0 aromatic heterocycles. The number of nitrogens with one attached hydrogen (secondary N) is 1. The Balaban J connectivity index is 2.96. The van der Waals surface area contributed by atoms with Gasteiger partial charge in [0, 0.05) is 18.2 Å². The molecule has 0 heterocycles. The molecule has 0 aliphatic carbocycles. The Kier molecular flexibility index (Phi) is 4.47. The molecule has 0 aliphatic heterocycles. The minimum atomic E-state index is -0.972. The van der Waals surface area contributed by atoms with E-state index in [1.807, 2.05) is 0 Å². The van der Waals surface area contributed by atoms with Gasteiger partial charge in [0.1, 0.15) is 11.4 Å². The number of hydrogen-bond donors (Lipinski definition) is 2. The average Bonchev–Trinajstić information content (AvgIpc) is 2.27. The molecule has 7 heteroatoms. The summed E-state index contributed by atoms with van der Waals surface area (Å²) < 4.78 is 4.97. The van der Waals surface area contributed by atoms with Gasteiger partial charge in [-0.05, 0) is 13.0 Å². The average molecular weight is 254 g/mol. The van der Waals surface area contributed by atoms with Crippen molar-refractivity contribution in [2.45, 2.75) is 19.4 Å². The molecule has 0 aliphatic rings. The summed E-state index contributed by atoms with van der Waals surface area (Å²) in [6.07, 6.45) is -0.131. The number of nitrogens with zero attached hydrogens (tertiary/aromatic N) is 1. The van der Waals surface area contributed by atoms with E-state index in [0.717, 1.165) is 0 Å². The Morgan fingerprint density at radius 2 is 2.28 bits per heavy atom. The Hall–Kier alpha value is -2.31. The topological polar surface area (TPSA) is 102 Å². The minimum absolute atomic E-state index is 0.118. The van der Waals surface area contributed by atoms with Crippen molar-refractivity contribution in [2.24, 2.45) is 0 Å². The van der Waals surface area contributed by atoms with Crippen LogP contribution >= 0.6 is 0 Å². The van der Waals surface area contributed by atoms with E-state index < -0.39 is 16.9 Å². The van der Waals surface area contributed by atoms with Crippen LogP contribution in [0.25, 0.3) is 0 Å². The maximum absolute atomic E-state index is 10.8. The second-order valence-corrected chi connectivity index (χ2v) is 3.78. The summed E-state index contributed by atoms with van der Waals surface area (Å²) in [7, 11) is 1.45. The zero-order valence-electron chi connectivity index (χ0n) is 10.0. The molecule has 1 atom stereocenters. The number of carboxylic acid groups (broad SMARTS) is 1. The zero-order chi connectivity index (χ0) is 13.7. The molecule has 98 valence electrons. The standard InChI is InChI=1S/C11H14N2O5/c1-7(5-11(14)15)12-9-6-8(18-2)3-4-10(9)13(16)17/h3-4,6-7,12H,5H2,1-2H3,(H,14,15). The van der Waals surface area contributed by atoms with Crippen molar-refractivity contribution in [2.75, 3.05) is 12.4 Å². The Morgan fingerprint density at radius 3 is 2.78 bits per heavy atom. The molecule has 0 saturated carbocycles. The third-order valence-electron chi connectivity index (χ3n) is 2.28. The first kappa shape index (κ1) is 13.8. The summed E-state index contributed by atoms with van der Waals surface area (Å²) in [6.45, 7) is 1.64. The van der Waals surface area contributed by atoms with E-state index in [9.17, 15) is 14.9 Å². The first-order valence-corrected chi connectivity index (χ1v) is 5.24. The van der Waals surface area contributed by atoms with Gasteiger partial charge in [-0.15, -0.1) is 0 Å². The zero-order valence-corrected chi connectivity index (χ0v) is 10.0. The summed E-state index contributed by atoms with van der Waals surface area (Å²) in [5.74, 6) is -0.508. The van der Waals surface area contributed by atoms with E-state index in [1.54, 1.807) is 6.92 Å². The molecule has 0 fully saturated rings. The SMILES string of the molecule is COc1ccc([N+](=O)[O-])c(NC(C)CC(=O)O)c1. The van der Waals surface area contributed by atoms with Crippen LogP contribution in [0.5, 0.6) is 5.75 Å². The number of rotatable bonds is 6. The number of methoxy groups -OCH3 is 1. The van der Waals surface area contributed by atoms with Crippen LogP contribution in [0, 0.1) is 10.1 Å². The highest BCUT2D eigenvalue weighted by Gasteiger charge is 2.17. The third-order valence-corrected chi connectivity index (χ3v) is 2.28. The predicted octanol–water partition coefficient (Wildman–Crippen LogP) is 1.88. The number of aliphatic carboxylic acids is 1. The molecule has 1 aromatic carbocycles. The molecule has 2 N–H and O–H groups in total. The van der Waals surface area contributed by atoms with E-state index in [2.05, 4.69) is 5.32 Å². The molecule has 18 heavy (non-hydrogen) atoms. The molecule has 0 radical (unpaired) electrons. The normalized spacial score (nSPS) is 11.7. The molecule has 1 aromatic rings. The van der Waals surface area contributed by atoms with Crippen molar-refractivity contribution in [3.05, 3.63) is 28.3 Å². The van der Waals surface area contributed by atoms with Crippen LogP contribution < -0.4 is 10.1 Å². The summed E-state index contributed by atoms with van der Waals surface area (Å²) in [4.78, 5) is 20.8. The lowest BCUT2D eigenvalue weighted by molar-refractivity contribution is -0.384. The van der Waals surface area contributed by atoms with Crippen molar-refractivity contribution < 1.29 is 19.6 Å². The predicted molar refractivity (Wildman–Crippen MR) is 65.0 cm³/mol. The maximum Gasteiger partial charge on any atom is 0.305 e. The summed E-state index contributed by atoms with van der Waals surface area (Å²) >= 11 is 0. The van der Waals surface area contributed by atoms with Crippen LogP contribution in [0.3, 0.4) is 0 Å². The fourth-order valence-electron chi connectivity index (χ4n) is 1.50. The molecule has 7 nitrogen and oxygen atoms in total. The number of benzene rings is 1. The van der Waals surface area contributed by atoms with E-state index in [4.69, 9.17) is 9.84 Å². The lowest BCUT2D eigenvalue weighted by atomic mass is 10.2. The molecule has 1 unspecified atom stereocenters. The molecule has 0 bridgehead atoms. The van der Waals surface area contributed by atoms with Gasteiger partial charge in [-0.25, -0.2) is 0 Å². The fourth-order valence-corrected chi connectivity index (χ4v) is 1.50. The van der Waals surface area contributed by atoms with Gasteiger partial charge in [-0.3, -0.25) is 14.9 Å². The van der Waals surface area contributed by atoms with Gasteiger partial charge < -0.3 is 15.2 Å². The van der Waals surface area contributed by atoms with Crippen LogP contribution in [0.15, 0.2) is 18.2 Å². The lowest BCUT2D eigenvalue weighted by Crippen LogP contribution is -2.19. The van der Waals surface area contributed by atoms with Crippen molar-refractivity contribution >= 4 is 17.3 Å². The molecular formula is C11H14N2O5. The van der Waals surface area contributed by atoms with E-state index in [-0.39, 0.29) is 17.8 Å². The molecule has 0 saturated heterocycles. The van der Waals surface area contributed by atoms with Gasteiger partial charge in [0.25, 0.3) is 5.69 Å². The summed E-state index contributed by atoms with van der Waals surface area (Å²) in [5.41, 5.74) is 0.126. The van der Waals surface area contributed by atoms with Gasteiger partial charge in [-0.2, -0.15) is 0 Å². The van der Waals surface area contributed by atoms with Gasteiger partial charge in [0.2, 0.25) is 0 Å². The number of anilines is 1. The molecule has 0 amide bonds. The highest BCUT2D eigenvalue weighted by atomic mass is 16.6. The van der Waals surface area contributed by atoms with Gasteiger partial charge >= 0.3 is 5.97 Å². The van der Waals surface area contributed by atoms with E-state index in [0.29, 0.717) is 5.75 Å². The number of carboxylic acids is 1. The van der Waals surface area contributed by atoms with Crippen molar-refractivity contribution in [3.63, 3.8) is 0 Å². The monoisotopic (exact) mass is 254 g/mol.